The summed E-state index contributed by atoms with van der Waals surface area (Å²) in [6, 6.07) is 0. The van der Waals surface area contributed by atoms with Crippen LogP contribution >= 0.6 is 0 Å². The minimum Gasteiger partial charge on any atom is -0.481 e. The molecule has 0 aromatic rings. The first-order valence-electron chi connectivity index (χ1n) is 11.8. The highest BCUT2D eigenvalue weighted by molar-refractivity contribution is 5.66. The maximum Gasteiger partial charge on any atom is 0.303 e. The fraction of sp³-hybridized carbons (Fsp3) is 0.920. The molecule has 4 atom stereocenters. The summed E-state index contributed by atoms with van der Waals surface area (Å²) in [4.78, 5) is 20.9. The molecule has 0 amide bonds. The summed E-state index contributed by atoms with van der Waals surface area (Å²) in [7, 11) is 0. The molecule has 0 saturated heterocycles. The van der Waals surface area contributed by atoms with Crippen molar-refractivity contribution in [3.05, 3.63) is 0 Å². The van der Waals surface area contributed by atoms with Crippen LogP contribution in [0.1, 0.15) is 112 Å². The van der Waals surface area contributed by atoms with Gasteiger partial charge in [-0.3, -0.25) is 9.59 Å². The van der Waals surface area contributed by atoms with Gasteiger partial charge in [-0.15, -0.1) is 0 Å². The van der Waals surface area contributed by atoms with Crippen LogP contribution in [0.5, 0.6) is 0 Å². The molecule has 2 N–H and O–H groups in total. The monoisotopic (exact) mass is 410 g/mol. The first-order valence-corrected chi connectivity index (χ1v) is 11.8. The van der Waals surface area contributed by atoms with Gasteiger partial charge in [-0.1, -0.05) is 54.4 Å². The number of carboxylic acid groups (broad SMARTS) is 2. The Balaban J connectivity index is 0.000000291. The molecule has 170 valence electrons. The molecule has 2 fully saturated rings. The van der Waals surface area contributed by atoms with E-state index in [1.54, 1.807) is 0 Å². The van der Waals surface area contributed by atoms with E-state index in [-0.39, 0.29) is 0 Å². The normalized spacial score (nSPS) is 30.3. The van der Waals surface area contributed by atoms with E-state index in [0.717, 1.165) is 43.4 Å². The van der Waals surface area contributed by atoms with Gasteiger partial charge in [0.2, 0.25) is 0 Å². The smallest absolute Gasteiger partial charge is 0.303 e. The molecule has 0 bridgehead atoms. The van der Waals surface area contributed by atoms with E-state index < -0.39 is 11.9 Å². The zero-order valence-electron chi connectivity index (χ0n) is 19.8. The van der Waals surface area contributed by atoms with Crippen LogP contribution in [0.2, 0.25) is 0 Å². The van der Waals surface area contributed by atoms with Crippen molar-refractivity contribution in [3.8, 4) is 0 Å². The number of aliphatic carboxylic acids is 2. The van der Waals surface area contributed by atoms with Crippen LogP contribution in [0.25, 0.3) is 0 Å². The molecule has 2 aliphatic carbocycles. The summed E-state index contributed by atoms with van der Waals surface area (Å²) >= 11 is 0. The third-order valence-corrected chi connectivity index (χ3v) is 8.29. The van der Waals surface area contributed by atoms with Gasteiger partial charge in [-0.05, 0) is 79.4 Å². The molecule has 2 rings (SSSR count). The van der Waals surface area contributed by atoms with Gasteiger partial charge in [0.25, 0.3) is 0 Å². The van der Waals surface area contributed by atoms with Gasteiger partial charge in [0.05, 0.1) is 0 Å². The van der Waals surface area contributed by atoms with Gasteiger partial charge < -0.3 is 10.2 Å². The van der Waals surface area contributed by atoms with E-state index in [1.807, 2.05) is 0 Å². The largest absolute Gasteiger partial charge is 0.481 e. The van der Waals surface area contributed by atoms with Gasteiger partial charge in [-0.25, -0.2) is 0 Å². The van der Waals surface area contributed by atoms with Crippen molar-refractivity contribution in [1.82, 2.24) is 0 Å². The molecule has 0 spiro atoms. The van der Waals surface area contributed by atoms with Crippen LogP contribution in [0.3, 0.4) is 0 Å². The molecule has 0 heterocycles. The summed E-state index contributed by atoms with van der Waals surface area (Å²) in [6.07, 6.45) is 11.1. The van der Waals surface area contributed by atoms with Gasteiger partial charge in [0.1, 0.15) is 0 Å². The molecule has 29 heavy (non-hydrogen) atoms. The third kappa shape index (κ3) is 8.30. The lowest BCUT2D eigenvalue weighted by atomic mass is 9.62. The van der Waals surface area contributed by atoms with Crippen LogP contribution in [0.15, 0.2) is 0 Å². The van der Waals surface area contributed by atoms with Crippen LogP contribution < -0.4 is 0 Å². The van der Waals surface area contributed by atoms with Gasteiger partial charge in [0.15, 0.2) is 0 Å². The van der Waals surface area contributed by atoms with Crippen LogP contribution in [0, 0.1) is 34.5 Å². The summed E-state index contributed by atoms with van der Waals surface area (Å²) in [5.41, 5.74) is 0.828. The Morgan fingerprint density at radius 2 is 1.41 bits per heavy atom. The molecule has 2 saturated carbocycles. The number of hydrogen-bond donors (Lipinski definition) is 2. The van der Waals surface area contributed by atoms with E-state index >= 15 is 0 Å². The van der Waals surface area contributed by atoms with Crippen LogP contribution in [-0.4, -0.2) is 22.2 Å². The average Bonchev–Trinajstić information content (AvgIpc) is 2.84. The van der Waals surface area contributed by atoms with Crippen molar-refractivity contribution >= 4 is 11.9 Å². The Hall–Kier alpha value is -1.06. The lowest BCUT2D eigenvalue weighted by Gasteiger charge is -2.43. The fourth-order valence-electron chi connectivity index (χ4n) is 5.80. The molecule has 0 aliphatic heterocycles. The van der Waals surface area contributed by atoms with Crippen molar-refractivity contribution in [1.29, 1.82) is 0 Å². The highest BCUT2D eigenvalue weighted by Gasteiger charge is 2.39. The summed E-state index contributed by atoms with van der Waals surface area (Å²) in [6.45, 7) is 14.0. The number of carboxylic acids is 2. The second kappa shape index (κ2) is 11.4. The average molecular weight is 411 g/mol. The molecule has 4 nitrogen and oxygen atoms in total. The minimum absolute atomic E-state index is 0.333. The second-order valence-electron chi connectivity index (χ2n) is 11.0. The van der Waals surface area contributed by atoms with E-state index in [9.17, 15) is 9.59 Å². The quantitative estimate of drug-likeness (QED) is 0.451. The van der Waals surface area contributed by atoms with E-state index in [0.29, 0.717) is 29.6 Å². The highest BCUT2D eigenvalue weighted by atomic mass is 16.4. The zero-order valence-corrected chi connectivity index (χ0v) is 19.8. The van der Waals surface area contributed by atoms with Crippen molar-refractivity contribution in [2.45, 2.75) is 112 Å². The SMILES string of the molecule is CC1CCC(CCCC(=O)O)C1(C)C.CC1CCCC(C)(C)C1CCCC(=O)O. The number of rotatable bonds is 8. The van der Waals surface area contributed by atoms with Crippen LogP contribution in [0.4, 0.5) is 0 Å². The maximum absolute atomic E-state index is 10.5. The van der Waals surface area contributed by atoms with E-state index in [2.05, 4.69) is 41.5 Å². The number of hydrogen-bond acceptors (Lipinski definition) is 2. The Bertz CT molecular complexity index is 523. The van der Waals surface area contributed by atoms with E-state index in [4.69, 9.17) is 10.2 Å². The summed E-state index contributed by atoms with van der Waals surface area (Å²) in [5, 5.41) is 17.2. The number of carbonyl (C=O) groups is 2. The molecule has 4 unspecified atom stereocenters. The van der Waals surface area contributed by atoms with Gasteiger partial charge in [-0.2, -0.15) is 0 Å². The molecular formula is C25H46O4. The van der Waals surface area contributed by atoms with Crippen molar-refractivity contribution in [2.24, 2.45) is 34.5 Å². The highest BCUT2D eigenvalue weighted by Crippen LogP contribution is 2.49. The first kappa shape index (κ1) is 26.0. The summed E-state index contributed by atoms with van der Waals surface area (Å²) < 4.78 is 0. The lowest BCUT2D eigenvalue weighted by molar-refractivity contribution is -0.138. The predicted octanol–water partition coefficient (Wildman–Crippen LogP) is 7.02. The van der Waals surface area contributed by atoms with Gasteiger partial charge >= 0.3 is 11.9 Å². The molecular weight excluding hydrogens is 364 g/mol. The zero-order chi connectivity index (χ0) is 22.2. The Morgan fingerprint density at radius 1 is 0.862 bits per heavy atom. The molecule has 0 aromatic heterocycles. The van der Waals surface area contributed by atoms with Crippen molar-refractivity contribution in [3.63, 3.8) is 0 Å². The van der Waals surface area contributed by atoms with Crippen LogP contribution in [-0.2, 0) is 9.59 Å². The summed E-state index contributed by atoms with van der Waals surface area (Å²) in [5.74, 6) is 1.69. The Labute approximate surface area is 178 Å². The van der Waals surface area contributed by atoms with Crippen molar-refractivity contribution in [2.75, 3.05) is 0 Å². The Kier molecular flexibility index (Phi) is 10.2. The van der Waals surface area contributed by atoms with Crippen molar-refractivity contribution < 1.29 is 19.8 Å². The first-order chi connectivity index (χ1) is 13.4. The third-order valence-electron chi connectivity index (χ3n) is 8.29. The molecule has 0 aromatic carbocycles. The molecule has 4 heteroatoms. The lowest BCUT2D eigenvalue weighted by Crippen LogP contribution is -2.33. The standard InChI is InChI=1S/C13H24O2.C12H22O2/c1-10-6-5-9-13(2,3)11(10)7-4-8-12(14)15;1-9-7-8-10(12(9,2)3)5-4-6-11(13)14/h10-11H,4-9H2,1-3H3,(H,14,15);9-10H,4-8H2,1-3H3,(H,13,14). The molecule has 2 aliphatic rings. The minimum atomic E-state index is -0.658. The predicted molar refractivity (Wildman–Crippen MR) is 119 cm³/mol. The Morgan fingerprint density at radius 3 is 1.86 bits per heavy atom. The second-order valence-corrected chi connectivity index (χ2v) is 11.0. The topological polar surface area (TPSA) is 74.6 Å². The van der Waals surface area contributed by atoms with Gasteiger partial charge in [0, 0.05) is 12.8 Å². The van der Waals surface area contributed by atoms with E-state index in [1.165, 1.54) is 32.1 Å². The molecule has 0 radical (unpaired) electrons. The maximum atomic E-state index is 10.5. The fourth-order valence-corrected chi connectivity index (χ4v) is 5.80.